The van der Waals surface area contributed by atoms with Gasteiger partial charge in [0.2, 0.25) is 5.95 Å². The molecule has 3 heterocycles. The molecule has 5 nitrogen and oxygen atoms in total. The van der Waals surface area contributed by atoms with Crippen LogP contribution in [0.3, 0.4) is 0 Å². The summed E-state index contributed by atoms with van der Waals surface area (Å²) in [5.74, 6) is 0.596. The largest absolute Gasteiger partial charge is 0.456 e. The van der Waals surface area contributed by atoms with Gasteiger partial charge in [-0.15, -0.1) is 0 Å². The summed E-state index contributed by atoms with van der Waals surface area (Å²) in [6, 6.07) is 59.1. The number of nitrogens with zero attached hydrogens (tertiary/aromatic N) is 4. The van der Waals surface area contributed by atoms with Crippen molar-refractivity contribution in [3.8, 4) is 27.9 Å². The Balaban J connectivity index is 1.12. The minimum atomic E-state index is 0.596. The van der Waals surface area contributed by atoms with E-state index in [4.69, 9.17) is 14.4 Å². The monoisotopic (exact) mass is 654 g/mol. The molecule has 10 rings (SSSR count). The molecule has 0 unspecified atom stereocenters. The van der Waals surface area contributed by atoms with Gasteiger partial charge in [0, 0.05) is 51.2 Å². The Morgan fingerprint density at radius 1 is 0.431 bits per heavy atom. The molecule has 3 aromatic heterocycles. The van der Waals surface area contributed by atoms with Gasteiger partial charge in [-0.3, -0.25) is 4.90 Å². The summed E-state index contributed by atoms with van der Waals surface area (Å²) in [6.07, 6.45) is 3.80. The molecule has 0 spiro atoms. The van der Waals surface area contributed by atoms with Gasteiger partial charge < -0.3 is 8.98 Å². The van der Waals surface area contributed by atoms with Gasteiger partial charge in [0.1, 0.15) is 11.2 Å². The van der Waals surface area contributed by atoms with E-state index in [-0.39, 0.29) is 0 Å². The van der Waals surface area contributed by atoms with E-state index in [0.717, 1.165) is 66.7 Å². The highest BCUT2D eigenvalue weighted by atomic mass is 16.3. The number of para-hydroxylation sites is 2. The van der Waals surface area contributed by atoms with E-state index in [1.165, 1.54) is 16.3 Å². The zero-order valence-corrected chi connectivity index (χ0v) is 27.5. The second kappa shape index (κ2) is 11.9. The Kier molecular flexibility index (Phi) is 6.74. The van der Waals surface area contributed by atoms with Crippen molar-refractivity contribution in [2.24, 2.45) is 0 Å². The lowest BCUT2D eigenvalue weighted by Gasteiger charge is -2.24. The molecule has 0 N–H and O–H groups in total. The van der Waals surface area contributed by atoms with Crippen molar-refractivity contribution in [2.75, 3.05) is 4.90 Å². The third-order valence-electron chi connectivity index (χ3n) is 9.72. The lowest BCUT2D eigenvalue weighted by Crippen LogP contribution is -2.13. The van der Waals surface area contributed by atoms with E-state index in [0.29, 0.717) is 5.95 Å². The maximum absolute atomic E-state index is 6.34. The first kappa shape index (κ1) is 29.0. The highest BCUT2D eigenvalue weighted by Gasteiger charge is 2.20. The van der Waals surface area contributed by atoms with Crippen LogP contribution in [-0.2, 0) is 0 Å². The van der Waals surface area contributed by atoms with Crippen molar-refractivity contribution in [3.63, 3.8) is 0 Å². The number of anilines is 3. The second-order valence-corrected chi connectivity index (χ2v) is 12.7. The van der Waals surface area contributed by atoms with Crippen LogP contribution in [0.5, 0.6) is 0 Å². The molecule has 240 valence electrons. The van der Waals surface area contributed by atoms with Crippen LogP contribution in [0.25, 0.3) is 71.7 Å². The van der Waals surface area contributed by atoms with Gasteiger partial charge in [0.25, 0.3) is 0 Å². The van der Waals surface area contributed by atoms with E-state index in [1.807, 2.05) is 48.8 Å². The van der Waals surface area contributed by atoms with Crippen LogP contribution in [0, 0.1) is 0 Å². The zero-order valence-electron chi connectivity index (χ0n) is 27.5. The number of fused-ring (bicyclic) bond motifs is 7. The fourth-order valence-corrected chi connectivity index (χ4v) is 7.31. The Labute approximate surface area is 294 Å². The smallest absolute Gasteiger partial charge is 0.234 e. The third-order valence-corrected chi connectivity index (χ3v) is 9.72. The summed E-state index contributed by atoms with van der Waals surface area (Å²) >= 11 is 0. The van der Waals surface area contributed by atoms with Crippen molar-refractivity contribution < 1.29 is 4.42 Å². The molecular weight excluding hydrogens is 625 g/mol. The molecule has 0 amide bonds. The third kappa shape index (κ3) is 4.86. The Morgan fingerprint density at radius 2 is 1.00 bits per heavy atom. The Bertz CT molecular complexity index is 2740. The molecule has 51 heavy (non-hydrogen) atoms. The normalized spacial score (nSPS) is 11.5. The molecule has 7 aromatic carbocycles. The van der Waals surface area contributed by atoms with E-state index in [2.05, 4.69) is 143 Å². The molecule has 0 atom stereocenters. The molecule has 0 aliphatic heterocycles. The summed E-state index contributed by atoms with van der Waals surface area (Å²) in [5, 5.41) is 4.63. The van der Waals surface area contributed by atoms with Gasteiger partial charge in [0.15, 0.2) is 0 Å². The number of furan rings is 1. The van der Waals surface area contributed by atoms with Gasteiger partial charge in [0.05, 0.1) is 16.4 Å². The summed E-state index contributed by atoms with van der Waals surface area (Å²) in [6.45, 7) is 0. The molecule has 10 aromatic rings. The van der Waals surface area contributed by atoms with Gasteiger partial charge in [-0.1, -0.05) is 109 Å². The quantitative estimate of drug-likeness (QED) is 0.179. The van der Waals surface area contributed by atoms with Crippen molar-refractivity contribution in [1.82, 2.24) is 14.5 Å². The van der Waals surface area contributed by atoms with Gasteiger partial charge in [-0.25, -0.2) is 9.97 Å². The fraction of sp³-hybridized carbons (Fsp3) is 0. The maximum Gasteiger partial charge on any atom is 0.234 e. The second-order valence-electron chi connectivity index (χ2n) is 12.7. The number of benzene rings is 7. The predicted octanol–water partition coefficient (Wildman–Crippen LogP) is 12.3. The topological polar surface area (TPSA) is 47.1 Å². The fourth-order valence-electron chi connectivity index (χ4n) is 7.31. The van der Waals surface area contributed by atoms with E-state index in [1.54, 1.807) is 0 Å². The van der Waals surface area contributed by atoms with Crippen molar-refractivity contribution in [2.45, 2.75) is 0 Å². The van der Waals surface area contributed by atoms with Crippen molar-refractivity contribution in [3.05, 3.63) is 182 Å². The molecule has 0 aliphatic rings. The summed E-state index contributed by atoms with van der Waals surface area (Å²) < 4.78 is 8.70. The van der Waals surface area contributed by atoms with E-state index >= 15 is 0 Å². The number of rotatable bonds is 6. The van der Waals surface area contributed by atoms with Crippen LogP contribution < -0.4 is 4.90 Å². The first-order valence-electron chi connectivity index (χ1n) is 17.1. The SMILES string of the molecule is c1ccc(-c2ccc(N(c3ccc(-n4c5ccccc5c5ccc6oc7ccccc7c6c54)cc3)c3ncc(-c4ccccc4)cn3)cc2)cc1. The predicted molar refractivity (Wildman–Crippen MR) is 209 cm³/mol. The van der Waals surface area contributed by atoms with Gasteiger partial charge in [-0.2, -0.15) is 0 Å². The van der Waals surface area contributed by atoms with Crippen LogP contribution in [0.2, 0.25) is 0 Å². The molecular formula is C46H30N4O. The molecule has 0 fully saturated rings. The zero-order chi connectivity index (χ0) is 33.7. The highest BCUT2D eigenvalue weighted by Crippen LogP contribution is 2.41. The molecule has 0 radical (unpaired) electrons. The van der Waals surface area contributed by atoms with E-state index < -0.39 is 0 Å². The summed E-state index contributed by atoms with van der Waals surface area (Å²) in [4.78, 5) is 11.9. The summed E-state index contributed by atoms with van der Waals surface area (Å²) in [7, 11) is 0. The average Bonchev–Trinajstić information content (AvgIpc) is 3.75. The maximum atomic E-state index is 6.34. The molecule has 0 aliphatic carbocycles. The first-order valence-corrected chi connectivity index (χ1v) is 17.1. The van der Waals surface area contributed by atoms with Crippen LogP contribution in [0.15, 0.2) is 187 Å². The van der Waals surface area contributed by atoms with Crippen LogP contribution in [0.1, 0.15) is 0 Å². The highest BCUT2D eigenvalue weighted by molar-refractivity contribution is 6.24. The number of aromatic nitrogens is 3. The van der Waals surface area contributed by atoms with Crippen LogP contribution in [0.4, 0.5) is 17.3 Å². The van der Waals surface area contributed by atoms with Gasteiger partial charge in [-0.05, 0) is 77.4 Å². The lowest BCUT2D eigenvalue weighted by atomic mass is 10.1. The molecule has 0 saturated carbocycles. The molecule has 5 heteroatoms. The molecule has 0 saturated heterocycles. The average molecular weight is 655 g/mol. The lowest BCUT2D eigenvalue weighted by molar-refractivity contribution is 0.669. The van der Waals surface area contributed by atoms with Crippen molar-refractivity contribution >= 4 is 61.1 Å². The number of hydrogen-bond donors (Lipinski definition) is 0. The van der Waals surface area contributed by atoms with Crippen LogP contribution in [-0.4, -0.2) is 14.5 Å². The van der Waals surface area contributed by atoms with Crippen LogP contribution >= 0.6 is 0 Å². The van der Waals surface area contributed by atoms with Gasteiger partial charge >= 0.3 is 0 Å². The summed E-state index contributed by atoms with van der Waals surface area (Å²) in [5.41, 5.74) is 11.4. The van der Waals surface area contributed by atoms with E-state index in [9.17, 15) is 0 Å². The minimum Gasteiger partial charge on any atom is -0.456 e. The first-order chi connectivity index (χ1) is 25.3. The standard InChI is InChI=1S/C46H30N4O/c1-3-11-31(12-4-1)33-19-21-35(22-20-33)49(46-47-29-34(30-48-46)32-13-5-2-6-14-32)36-23-25-37(26-24-36)50-41-17-9-7-15-38(41)39-27-28-43-44(45(39)50)40-16-8-10-18-42(40)51-43/h1-30H. The molecule has 0 bridgehead atoms. The Hall–Kier alpha value is -6.98. The minimum absolute atomic E-state index is 0.596. The Morgan fingerprint density at radius 3 is 1.71 bits per heavy atom. The van der Waals surface area contributed by atoms with Crippen molar-refractivity contribution in [1.29, 1.82) is 0 Å². The number of hydrogen-bond acceptors (Lipinski definition) is 4.